The molecule has 0 radical (unpaired) electrons. The predicted molar refractivity (Wildman–Crippen MR) is 128 cm³/mol. The van der Waals surface area contributed by atoms with Gasteiger partial charge in [-0.3, -0.25) is 0 Å². The van der Waals surface area contributed by atoms with E-state index in [1.807, 2.05) is 41.3 Å². The van der Waals surface area contributed by atoms with Gasteiger partial charge in [0, 0.05) is 38.1 Å². The summed E-state index contributed by atoms with van der Waals surface area (Å²) in [6.45, 7) is 2.03. The first-order valence-electron chi connectivity index (χ1n) is 11.0. The van der Waals surface area contributed by atoms with Crippen molar-refractivity contribution in [2.45, 2.75) is 12.6 Å². The second kappa shape index (κ2) is 13.4. The van der Waals surface area contributed by atoms with E-state index >= 15 is 0 Å². The highest BCUT2D eigenvalue weighted by atomic mass is 16.5. The maximum Gasteiger partial charge on any atom is 0.210 e. The average Bonchev–Trinajstić information content (AvgIpc) is 3.32. The molecule has 2 aromatic heterocycles. The highest BCUT2D eigenvalue weighted by Crippen LogP contribution is 2.17. The van der Waals surface area contributed by atoms with Gasteiger partial charge in [0.15, 0.2) is 0 Å². The number of hydrogen-bond donors (Lipinski definition) is 3. The van der Waals surface area contributed by atoms with Gasteiger partial charge in [-0.05, 0) is 29.3 Å². The molecule has 1 unspecified atom stereocenters. The van der Waals surface area contributed by atoms with Crippen LogP contribution in [-0.2, 0) is 16.1 Å². The molecule has 0 saturated heterocycles. The fourth-order valence-electron chi connectivity index (χ4n) is 3.29. The zero-order valence-electron chi connectivity index (χ0n) is 19.2. The molecule has 3 N–H and O–H groups in total. The van der Waals surface area contributed by atoms with Crippen LogP contribution in [0, 0.1) is 0 Å². The molecular weight excluding hydrogens is 438 g/mol. The van der Waals surface area contributed by atoms with Gasteiger partial charge in [0.25, 0.3) is 0 Å². The minimum atomic E-state index is -0.334. The number of benzene rings is 1. The van der Waals surface area contributed by atoms with E-state index in [1.54, 1.807) is 36.3 Å². The van der Waals surface area contributed by atoms with E-state index in [2.05, 4.69) is 15.3 Å². The highest BCUT2D eigenvalue weighted by molar-refractivity contribution is 5.70. The molecule has 1 atom stereocenters. The van der Waals surface area contributed by atoms with Crippen molar-refractivity contribution in [2.75, 3.05) is 51.5 Å². The maximum absolute atomic E-state index is 9.68. The van der Waals surface area contributed by atoms with E-state index in [9.17, 15) is 15.3 Å². The van der Waals surface area contributed by atoms with Crippen molar-refractivity contribution in [3.05, 3.63) is 65.6 Å². The number of aliphatic hydroxyl groups is 2. The van der Waals surface area contributed by atoms with E-state index in [0.29, 0.717) is 32.0 Å². The summed E-state index contributed by atoms with van der Waals surface area (Å²) < 4.78 is 12.4. The number of aromatic hydroxyl groups is 1. The summed E-state index contributed by atoms with van der Waals surface area (Å²) >= 11 is 0. The van der Waals surface area contributed by atoms with Crippen molar-refractivity contribution in [1.29, 1.82) is 0 Å². The van der Waals surface area contributed by atoms with Gasteiger partial charge in [-0.15, -0.1) is 5.10 Å². The summed E-state index contributed by atoms with van der Waals surface area (Å²) in [6, 6.07) is 11.0. The summed E-state index contributed by atoms with van der Waals surface area (Å²) in [5.41, 5.74) is 3.57. The Morgan fingerprint density at radius 1 is 1.06 bits per heavy atom. The van der Waals surface area contributed by atoms with Crippen LogP contribution < -0.4 is 4.90 Å². The number of pyridine rings is 1. The van der Waals surface area contributed by atoms with Gasteiger partial charge in [0.2, 0.25) is 5.88 Å². The number of rotatable bonds is 14. The third-order valence-electron chi connectivity index (χ3n) is 5.12. The molecule has 0 fully saturated rings. The number of anilines is 1. The molecule has 0 spiro atoms. The minimum absolute atomic E-state index is 0.00375. The molecule has 34 heavy (non-hydrogen) atoms. The predicted octanol–water partition coefficient (Wildman–Crippen LogP) is 1.74. The number of aromatic nitrogens is 4. The normalized spacial score (nSPS) is 12.3. The number of nitrogens with zero attached hydrogens (tertiary/aromatic N) is 5. The Labute approximate surface area is 198 Å². The second-order valence-corrected chi connectivity index (χ2v) is 7.62. The number of hydrogen-bond acceptors (Lipinski definition) is 9. The lowest BCUT2D eigenvalue weighted by Crippen LogP contribution is -2.31. The summed E-state index contributed by atoms with van der Waals surface area (Å²) in [7, 11) is 1.59. The standard InChI is InChI=1S/C24H31N5O5/c1-33-17-21-15-29(27-26-21)23(16-31)18-34-13-11-28(10-12-30)22-7-4-19(5-8-22)2-3-20-6-9-24(32)25-14-20/h2-9,14-15,23,30-31H,10-13,16-18H2,1H3,(H,25,32)/b3-2+. The molecule has 0 aliphatic carbocycles. The molecule has 3 rings (SSSR count). The lowest BCUT2D eigenvalue weighted by molar-refractivity contribution is 0.0751. The Balaban J connectivity index is 1.51. The molecule has 0 saturated carbocycles. The number of methoxy groups -OCH3 is 1. The van der Waals surface area contributed by atoms with E-state index in [4.69, 9.17) is 9.47 Å². The van der Waals surface area contributed by atoms with Crippen LogP contribution in [0.15, 0.2) is 48.8 Å². The molecule has 10 heteroatoms. The van der Waals surface area contributed by atoms with Crippen LogP contribution in [0.25, 0.3) is 12.2 Å². The zero-order chi connectivity index (χ0) is 24.2. The molecule has 0 amide bonds. The van der Waals surface area contributed by atoms with Crippen LogP contribution in [0.5, 0.6) is 5.88 Å². The Bertz CT molecular complexity index is 1010. The number of aliphatic hydroxyl groups excluding tert-OH is 2. The van der Waals surface area contributed by atoms with Crippen LogP contribution in [0.4, 0.5) is 5.69 Å². The molecule has 10 nitrogen and oxygen atoms in total. The molecular formula is C24H31N5O5. The van der Waals surface area contributed by atoms with Crippen molar-refractivity contribution in [2.24, 2.45) is 0 Å². The lowest BCUT2D eigenvalue weighted by atomic mass is 10.1. The fourth-order valence-corrected chi connectivity index (χ4v) is 3.29. The third-order valence-corrected chi connectivity index (χ3v) is 5.12. The molecule has 1 aromatic carbocycles. The van der Waals surface area contributed by atoms with Gasteiger partial charge in [-0.1, -0.05) is 29.5 Å². The third kappa shape index (κ3) is 7.63. The van der Waals surface area contributed by atoms with Crippen molar-refractivity contribution in [1.82, 2.24) is 20.0 Å². The van der Waals surface area contributed by atoms with Crippen molar-refractivity contribution < 1.29 is 24.8 Å². The first-order valence-corrected chi connectivity index (χ1v) is 11.0. The summed E-state index contributed by atoms with van der Waals surface area (Å²) in [4.78, 5) is 5.90. The van der Waals surface area contributed by atoms with Gasteiger partial charge < -0.3 is 29.7 Å². The molecule has 2 heterocycles. The van der Waals surface area contributed by atoms with Crippen molar-refractivity contribution in [3.63, 3.8) is 0 Å². The zero-order valence-corrected chi connectivity index (χ0v) is 19.2. The summed E-state index contributed by atoms with van der Waals surface area (Å²) in [5.74, 6) is -0.00375. The maximum atomic E-state index is 9.68. The first kappa shape index (κ1) is 25.3. The molecule has 0 aliphatic heterocycles. The van der Waals surface area contributed by atoms with Gasteiger partial charge in [-0.2, -0.15) is 0 Å². The Morgan fingerprint density at radius 2 is 1.82 bits per heavy atom. The van der Waals surface area contributed by atoms with E-state index < -0.39 is 0 Å². The van der Waals surface area contributed by atoms with Crippen LogP contribution in [0.3, 0.4) is 0 Å². The monoisotopic (exact) mass is 469 g/mol. The van der Waals surface area contributed by atoms with E-state index in [-0.39, 0.29) is 31.7 Å². The van der Waals surface area contributed by atoms with Crippen LogP contribution in [0.1, 0.15) is 22.9 Å². The van der Waals surface area contributed by atoms with Gasteiger partial charge >= 0.3 is 0 Å². The summed E-state index contributed by atoms with van der Waals surface area (Å²) in [5, 5.41) is 36.5. The largest absolute Gasteiger partial charge is 0.493 e. The molecule has 3 aromatic rings. The van der Waals surface area contributed by atoms with Crippen LogP contribution in [-0.4, -0.2) is 81.9 Å². The van der Waals surface area contributed by atoms with Gasteiger partial charge in [-0.25, -0.2) is 9.67 Å². The van der Waals surface area contributed by atoms with Crippen molar-refractivity contribution in [3.8, 4) is 5.88 Å². The molecule has 182 valence electrons. The summed E-state index contributed by atoms with van der Waals surface area (Å²) in [6.07, 6.45) is 7.23. The van der Waals surface area contributed by atoms with E-state index in [0.717, 1.165) is 16.8 Å². The van der Waals surface area contributed by atoms with Crippen LogP contribution >= 0.6 is 0 Å². The SMILES string of the molecule is COCc1cn(C(CO)COCCN(CCO)c2ccc(/C=C/c3ccc(O)nc3)cc2)nn1. The van der Waals surface area contributed by atoms with Crippen LogP contribution in [0.2, 0.25) is 0 Å². The quantitative estimate of drug-likeness (QED) is 0.303. The van der Waals surface area contributed by atoms with Gasteiger partial charge in [0.1, 0.15) is 5.69 Å². The lowest BCUT2D eigenvalue weighted by Gasteiger charge is -2.24. The fraction of sp³-hybridized carbons (Fsp3) is 0.375. The number of ether oxygens (including phenoxy) is 2. The van der Waals surface area contributed by atoms with Gasteiger partial charge in [0.05, 0.1) is 45.3 Å². The molecule has 0 aliphatic rings. The highest BCUT2D eigenvalue weighted by Gasteiger charge is 2.13. The Hall–Kier alpha value is -3.31. The second-order valence-electron chi connectivity index (χ2n) is 7.62. The smallest absolute Gasteiger partial charge is 0.210 e. The minimum Gasteiger partial charge on any atom is -0.493 e. The van der Waals surface area contributed by atoms with Crippen molar-refractivity contribution >= 4 is 17.8 Å². The Kier molecular flexibility index (Phi) is 9.98. The topological polar surface area (TPSA) is 126 Å². The Morgan fingerprint density at radius 3 is 2.50 bits per heavy atom. The average molecular weight is 470 g/mol. The van der Waals surface area contributed by atoms with E-state index in [1.165, 1.54) is 0 Å². The first-order chi connectivity index (χ1) is 16.6. The molecule has 0 bridgehead atoms.